The Morgan fingerprint density at radius 2 is 1.74 bits per heavy atom. The maximum atomic E-state index is 9.31. The predicted octanol–water partition coefficient (Wildman–Crippen LogP) is 3.86. The van der Waals surface area contributed by atoms with E-state index in [0.29, 0.717) is 0 Å². The lowest BCUT2D eigenvalue weighted by Crippen LogP contribution is -1.93. The van der Waals surface area contributed by atoms with Crippen molar-refractivity contribution in [2.45, 2.75) is 12.8 Å². The Morgan fingerprint density at radius 1 is 1.00 bits per heavy atom. The van der Waals surface area contributed by atoms with Crippen molar-refractivity contribution in [2.24, 2.45) is 0 Å². The normalized spacial score (nSPS) is 15.8. The number of halogens is 1. The standard InChI is InChI=1S/C17H15ClO/c18-14-7-8-16-13(11-14)6-5-12-3-1-2-4-15(12)17(16)9-10-19/h1-4,7-9,11,19H,5-6,10H2. The fraction of sp³-hybridized carbons (Fsp3) is 0.176. The van der Waals surface area contributed by atoms with Crippen molar-refractivity contribution < 1.29 is 5.11 Å². The molecule has 1 aliphatic carbocycles. The van der Waals surface area contributed by atoms with Gasteiger partial charge >= 0.3 is 0 Å². The van der Waals surface area contributed by atoms with Gasteiger partial charge in [-0.3, -0.25) is 0 Å². The third-order valence-electron chi connectivity index (χ3n) is 3.62. The highest BCUT2D eigenvalue weighted by molar-refractivity contribution is 6.30. The molecule has 0 heterocycles. The predicted molar refractivity (Wildman–Crippen MR) is 79.5 cm³/mol. The molecule has 0 radical (unpaired) electrons. The van der Waals surface area contributed by atoms with E-state index in [1.165, 1.54) is 22.3 Å². The van der Waals surface area contributed by atoms with Crippen molar-refractivity contribution in [3.63, 3.8) is 0 Å². The maximum Gasteiger partial charge on any atom is 0.0621 e. The van der Waals surface area contributed by atoms with E-state index in [0.717, 1.165) is 23.4 Å². The molecule has 2 heteroatoms. The summed E-state index contributed by atoms with van der Waals surface area (Å²) in [5.74, 6) is 0. The van der Waals surface area contributed by atoms with E-state index in [-0.39, 0.29) is 6.61 Å². The van der Waals surface area contributed by atoms with Crippen LogP contribution in [0.5, 0.6) is 0 Å². The first-order chi connectivity index (χ1) is 9.29. The van der Waals surface area contributed by atoms with E-state index in [1.807, 2.05) is 24.3 Å². The van der Waals surface area contributed by atoms with Crippen LogP contribution in [-0.4, -0.2) is 11.7 Å². The minimum absolute atomic E-state index is 0.0474. The van der Waals surface area contributed by atoms with Crippen molar-refractivity contribution in [1.82, 2.24) is 0 Å². The molecule has 0 aromatic heterocycles. The third kappa shape index (κ3) is 2.32. The topological polar surface area (TPSA) is 20.2 Å². The smallest absolute Gasteiger partial charge is 0.0621 e. The zero-order valence-corrected chi connectivity index (χ0v) is 11.3. The van der Waals surface area contributed by atoms with Gasteiger partial charge < -0.3 is 5.11 Å². The number of hydrogen-bond donors (Lipinski definition) is 1. The molecular formula is C17H15ClO. The van der Waals surface area contributed by atoms with Crippen LogP contribution in [-0.2, 0) is 12.8 Å². The lowest BCUT2D eigenvalue weighted by atomic mass is 9.94. The van der Waals surface area contributed by atoms with Gasteiger partial charge in [0, 0.05) is 5.02 Å². The summed E-state index contributed by atoms with van der Waals surface area (Å²) in [4.78, 5) is 0. The van der Waals surface area contributed by atoms with Gasteiger partial charge in [0.1, 0.15) is 0 Å². The van der Waals surface area contributed by atoms with Crippen molar-refractivity contribution in [3.8, 4) is 0 Å². The van der Waals surface area contributed by atoms with Crippen LogP contribution in [0.15, 0.2) is 48.5 Å². The number of rotatable bonds is 1. The maximum absolute atomic E-state index is 9.31. The molecule has 19 heavy (non-hydrogen) atoms. The molecule has 0 unspecified atom stereocenters. The van der Waals surface area contributed by atoms with Crippen LogP contribution in [0.25, 0.3) is 5.57 Å². The Bertz CT molecular complexity index is 643. The molecule has 2 aromatic rings. The van der Waals surface area contributed by atoms with Crippen molar-refractivity contribution in [2.75, 3.05) is 6.61 Å². The second-order valence-corrected chi connectivity index (χ2v) is 5.20. The molecule has 0 fully saturated rings. The highest BCUT2D eigenvalue weighted by atomic mass is 35.5. The second-order valence-electron chi connectivity index (χ2n) is 4.76. The van der Waals surface area contributed by atoms with Crippen molar-refractivity contribution in [3.05, 3.63) is 75.8 Å². The van der Waals surface area contributed by atoms with Gasteiger partial charge in [-0.05, 0) is 52.8 Å². The summed E-state index contributed by atoms with van der Waals surface area (Å²) in [6.07, 6.45) is 3.87. The lowest BCUT2D eigenvalue weighted by Gasteiger charge is -2.11. The van der Waals surface area contributed by atoms with E-state index >= 15 is 0 Å². The van der Waals surface area contributed by atoms with Crippen LogP contribution in [0.3, 0.4) is 0 Å². The Morgan fingerprint density at radius 3 is 2.58 bits per heavy atom. The molecule has 0 saturated heterocycles. The molecule has 1 aliphatic rings. The number of fused-ring (bicyclic) bond motifs is 2. The van der Waals surface area contributed by atoms with Crippen molar-refractivity contribution in [1.29, 1.82) is 0 Å². The molecule has 0 aliphatic heterocycles. The summed E-state index contributed by atoms with van der Waals surface area (Å²) >= 11 is 6.10. The first-order valence-corrected chi connectivity index (χ1v) is 6.85. The summed E-state index contributed by atoms with van der Waals surface area (Å²) < 4.78 is 0. The highest BCUT2D eigenvalue weighted by Gasteiger charge is 2.17. The van der Waals surface area contributed by atoms with Gasteiger partial charge in [-0.15, -0.1) is 0 Å². The third-order valence-corrected chi connectivity index (χ3v) is 3.86. The molecule has 1 N–H and O–H groups in total. The average Bonchev–Trinajstić information content (AvgIpc) is 2.57. The van der Waals surface area contributed by atoms with Gasteiger partial charge in [-0.2, -0.15) is 0 Å². The Balaban J connectivity index is 2.24. The zero-order chi connectivity index (χ0) is 13.2. The summed E-state index contributed by atoms with van der Waals surface area (Å²) in [5, 5.41) is 10.1. The van der Waals surface area contributed by atoms with E-state index in [9.17, 15) is 5.11 Å². The van der Waals surface area contributed by atoms with E-state index in [4.69, 9.17) is 11.6 Å². The van der Waals surface area contributed by atoms with Crippen LogP contribution in [0.2, 0.25) is 5.02 Å². The number of benzene rings is 2. The molecule has 3 rings (SSSR count). The monoisotopic (exact) mass is 270 g/mol. The van der Waals surface area contributed by atoms with Crippen LogP contribution < -0.4 is 0 Å². The number of aliphatic hydroxyl groups is 1. The number of aryl methyl sites for hydroxylation is 2. The molecule has 0 atom stereocenters. The molecule has 96 valence electrons. The van der Waals surface area contributed by atoms with Gasteiger partial charge in [0.2, 0.25) is 0 Å². The molecular weight excluding hydrogens is 256 g/mol. The van der Waals surface area contributed by atoms with Crippen LogP contribution >= 0.6 is 11.6 Å². The first kappa shape index (κ1) is 12.5. The molecule has 1 nitrogen and oxygen atoms in total. The number of hydrogen-bond acceptors (Lipinski definition) is 1. The molecule has 0 amide bonds. The van der Waals surface area contributed by atoms with Crippen LogP contribution in [0, 0.1) is 0 Å². The van der Waals surface area contributed by atoms with E-state index in [1.54, 1.807) is 0 Å². The Kier molecular flexibility index (Phi) is 3.41. The van der Waals surface area contributed by atoms with E-state index < -0.39 is 0 Å². The fourth-order valence-corrected chi connectivity index (χ4v) is 2.95. The van der Waals surface area contributed by atoms with Gasteiger partial charge in [0.15, 0.2) is 0 Å². The van der Waals surface area contributed by atoms with Crippen LogP contribution in [0.4, 0.5) is 0 Å². The second kappa shape index (κ2) is 5.20. The SMILES string of the molecule is OCC=C1c2ccccc2CCc2cc(Cl)ccc21. The Labute approximate surface area is 118 Å². The summed E-state index contributed by atoms with van der Waals surface area (Å²) in [6.45, 7) is 0.0474. The summed E-state index contributed by atoms with van der Waals surface area (Å²) in [6, 6.07) is 14.4. The number of aliphatic hydroxyl groups excluding tert-OH is 1. The van der Waals surface area contributed by atoms with Gasteiger partial charge in [0.25, 0.3) is 0 Å². The molecule has 2 aromatic carbocycles. The molecule has 0 saturated carbocycles. The average molecular weight is 271 g/mol. The Hall–Kier alpha value is -1.57. The summed E-state index contributed by atoms with van der Waals surface area (Å²) in [7, 11) is 0. The fourth-order valence-electron chi connectivity index (χ4n) is 2.76. The van der Waals surface area contributed by atoms with E-state index in [2.05, 4.69) is 24.3 Å². The van der Waals surface area contributed by atoms with Gasteiger partial charge in [0.05, 0.1) is 6.61 Å². The van der Waals surface area contributed by atoms with Gasteiger partial charge in [-0.25, -0.2) is 0 Å². The molecule has 0 spiro atoms. The van der Waals surface area contributed by atoms with Crippen LogP contribution in [0.1, 0.15) is 22.3 Å². The minimum Gasteiger partial charge on any atom is -0.392 e. The summed E-state index contributed by atoms with van der Waals surface area (Å²) in [5.41, 5.74) is 6.10. The minimum atomic E-state index is 0.0474. The van der Waals surface area contributed by atoms with Crippen molar-refractivity contribution >= 4 is 17.2 Å². The highest BCUT2D eigenvalue weighted by Crippen LogP contribution is 2.34. The molecule has 0 bridgehead atoms. The first-order valence-electron chi connectivity index (χ1n) is 6.47. The largest absolute Gasteiger partial charge is 0.392 e. The zero-order valence-electron chi connectivity index (χ0n) is 10.6. The van der Waals surface area contributed by atoms with Gasteiger partial charge in [-0.1, -0.05) is 48.0 Å². The lowest BCUT2D eigenvalue weighted by molar-refractivity contribution is 0.343. The quantitative estimate of drug-likeness (QED) is 0.834.